The van der Waals surface area contributed by atoms with E-state index in [1.807, 2.05) is 26.0 Å². The summed E-state index contributed by atoms with van der Waals surface area (Å²) in [6.07, 6.45) is 3.60. The average molecular weight is 250 g/mol. The molecule has 0 radical (unpaired) electrons. The lowest BCUT2D eigenvalue weighted by molar-refractivity contribution is 0.477. The van der Waals surface area contributed by atoms with Crippen molar-refractivity contribution in [1.82, 2.24) is 4.57 Å². The summed E-state index contributed by atoms with van der Waals surface area (Å²) in [4.78, 5) is 11.8. The lowest BCUT2D eigenvalue weighted by atomic mass is 10.3. The Balaban J connectivity index is 2.86. The number of oxazole rings is 1. The number of nitrogens with zero attached hydrogens (tertiary/aromatic N) is 1. The van der Waals surface area contributed by atoms with E-state index in [4.69, 9.17) is 16.0 Å². The van der Waals surface area contributed by atoms with Crippen LogP contribution < -0.4 is 16.5 Å². The Hall–Kier alpha value is -1.74. The first-order valence-electron chi connectivity index (χ1n) is 5.28. The van der Waals surface area contributed by atoms with Crippen LogP contribution in [0, 0.1) is 0 Å². The van der Waals surface area contributed by atoms with Gasteiger partial charge in [-0.2, -0.15) is 0 Å². The molecule has 0 saturated heterocycles. The van der Waals surface area contributed by atoms with Gasteiger partial charge in [-0.3, -0.25) is 0 Å². The third-order valence-corrected chi connectivity index (χ3v) is 2.71. The molecular weight excluding hydrogens is 238 g/mol. The van der Waals surface area contributed by atoms with Crippen molar-refractivity contribution in [2.24, 2.45) is 0 Å². The van der Waals surface area contributed by atoms with Crippen molar-refractivity contribution in [3.8, 4) is 5.69 Å². The predicted octanol–water partition coefficient (Wildman–Crippen LogP) is 1.68. The van der Waals surface area contributed by atoms with E-state index in [1.54, 1.807) is 24.3 Å². The second kappa shape index (κ2) is 4.63. The number of hydrogen-bond donors (Lipinski definition) is 0. The van der Waals surface area contributed by atoms with Gasteiger partial charge in [0.2, 0.25) is 0 Å². The van der Waals surface area contributed by atoms with E-state index < -0.39 is 5.76 Å². The molecule has 0 unspecified atom stereocenters. The molecule has 0 saturated carbocycles. The molecule has 3 nitrogen and oxygen atoms in total. The summed E-state index contributed by atoms with van der Waals surface area (Å²) in [5.41, 5.74) is 1.27. The monoisotopic (exact) mass is 249 g/mol. The molecule has 0 N–H and O–H groups in total. The standard InChI is InChI=1S/C13H12ClNO2/c1-3-11-12(4-2)17-13(16)15(11)10-7-5-6-9(14)8-10/h3-8H,1-2H3/b11-3-,12-4-. The van der Waals surface area contributed by atoms with E-state index in [9.17, 15) is 4.79 Å². The largest absolute Gasteiger partial charge is 0.424 e. The Bertz CT molecular complexity index is 710. The zero-order chi connectivity index (χ0) is 12.4. The van der Waals surface area contributed by atoms with E-state index in [0.717, 1.165) is 5.35 Å². The minimum Gasteiger partial charge on any atom is -0.408 e. The van der Waals surface area contributed by atoms with Crippen LogP contribution in [0.15, 0.2) is 33.5 Å². The van der Waals surface area contributed by atoms with Gasteiger partial charge in [-0.25, -0.2) is 9.36 Å². The summed E-state index contributed by atoms with van der Waals surface area (Å²) in [6.45, 7) is 3.69. The van der Waals surface area contributed by atoms with Gasteiger partial charge in [0, 0.05) is 5.02 Å². The molecule has 17 heavy (non-hydrogen) atoms. The van der Waals surface area contributed by atoms with E-state index in [0.29, 0.717) is 16.1 Å². The summed E-state index contributed by atoms with van der Waals surface area (Å²) in [7, 11) is 0. The van der Waals surface area contributed by atoms with Gasteiger partial charge in [-0.05, 0) is 38.1 Å². The first-order valence-corrected chi connectivity index (χ1v) is 5.65. The van der Waals surface area contributed by atoms with E-state index in [-0.39, 0.29) is 0 Å². The van der Waals surface area contributed by atoms with Gasteiger partial charge < -0.3 is 4.42 Å². The van der Waals surface area contributed by atoms with Crippen molar-refractivity contribution in [1.29, 1.82) is 0 Å². The van der Waals surface area contributed by atoms with Gasteiger partial charge >= 0.3 is 5.76 Å². The maximum atomic E-state index is 11.8. The van der Waals surface area contributed by atoms with E-state index >= 15 is 0 Å². The quantitative estimate of drug-likeness (QED) is 0.771. The van der Waals surface area contributed by atoms with Gasteiger partial charge in [0.15, 0.2) is 5.42 Å². The lowest BCUT2D eigenvalue weighted by Crippen LogP contribution is -2.30. The van der Waals surface area contributed by atoms with Crippen molar-refractivity contribution in [2.75, 3.05) is 0 Å². The fourth-order valence-electron chi connectivity index (χ4n) is 1.74. The minimum absolute atomic E-state index is 0.409. The molecule has 0 spiro atoms. The molecule has 2 aromatic rings. The van der Waals surface area contributed by atoms with Gasteiger partial charge in [-0.15, -0.1) is 0 Å². The maximum Gasteiger partial charge on any atom is 0.424 e. The Morgan fingerprint density at radius 1 is 1.29 bits per heavy atom. The Morgan fingerprint density at radius 2 is 2.06 bits per heavy atom. The van der Waals surface area contributed by atoms with Crippen LogP contribution in [0.2, 0.25) is 5.02 Å². The molecule has 1 aromatic heterocycles. The maximum absolute atomic E-state index is 11.8. The van der Waals surface area contributed by atoms with Crippen LogP contribution in [0.3, 0.4) is 0 Å². The van der Waals surface area contributed by atoms with Crippen LogP contribution in [-0.4, -0.2) is 4.57 Å². The zero-order valence-electron chi connectivity index (χ0n) is 9.61. The normalized spacial score (nSPS) is 13.4. The summed E-state index contributed by atoms with van der Waals surface area (Å²) >= 11 is 5.92. The molecule has 1 aromatic carbocycles. The second-order valence-electron chi connectivity index (χ2n) is 3.51. The molecule has 0 aliphatic carbocycles. The third kappa shape index (κ3) is 2.06. The highest BCUT2D eigenvalue weighted by atomic mass is 35.5. The summed E-state index contributed by atoms with van der Waals surface area (Å²) in [5.74, 6) is -0.409. The first kappa shape index (κ1) is 11.7. The Kier molecular flexibility index (Phi) is 3.20. The highest BCUT2D eigenvalue weighted by molar-refractivity contribution is 6.30. The highest BCUT2D eigenvalue weighted by Crippen LogP contribution is 2.11. The summed E-state index contributed by atoms with van der Waals surface area (Å²) in [6, 6.07) is 7.10. The minimum atomic E-state index is -0.409. The van der Waals surface area contributed by atoms with Gasteiger partial charge in [-0.1, -0.05) is 23.7 Å². The fourth-order valence-corrected chi connectivity index (χ4v) is 1.92. The molecule has 0 bridgehead atoms. The molecule has 0 fully saturated rings. The second-order valence-corrected chi connectivity index (χ2v) is 3.95. The van der Waals surface area contributed by atoms with E-state index in [1.165, 1.54) is 4.57 Å². The van der Waals surface area contributed by atoms with Crippen LogP contribution in [-0.2, 0) is 0 Å². The number of halogens is 1. The molecule has 0 amide bonds. The molecule has 2 rings (SSSR count). The van der Waals surface area contributed by atoms with Crippen LogP contribution in [0.1, 0.15) is 13.8 Å². The molecule has 88 valence electrons. The van der Waals surface area contributed by atoms with Gasteiger partial charge in [0.25, 0.3) is 0 Å². The molecule has 0 aliphatic rings. The van der Waals surface area contributed by atoms with Crippen molar-refractivity contribution < 1.29 is 4.42 Å². The molecular formula is C13H12ClNO2. The predicted molar refractivity (Wildman–Crippen MR) is 68.8 cm³/mol. The van der Waals surface area contributed by atoms with Crippen molar-refractivity contribution in [3.05, 3.63) is 50.6 Å². The number of benzene rings is 1. The lowest BCUT2D eigenvalue weighted by Gasteiger charge is -2.00. The summed E-state index contributed by atoms with van der Waals surface area (Å²) < 4.78 is 6.66. The van der Waals surface area contributed by atoms with Crippen LogP contribution in [0.25, 0.3) is 17.8 Å². The Labute approximate surface area is 103 Å². The SMILES string of the molecule is C/C=c1\oc(=O)n(-c2cccc(Cl)c2)\c1=C/C. The molecule has 0 aliphatic heterocycles. The summed E-state index contributed by atoms with van der Waals surface area (Å²) in [5, 5.41) is 1.32. The zero-order valence-corrected chi connectivity index (χ0v) is 10.4. The van der Waals surface area contributed by atoms with Gasteiger partial charge in [0.05, 0.1) is 11.0 Å². The number of hydrogen-bond acceptors (Lipinski definition) is 2. The highest BCUT2D eigenvalue weighted by Gasteiger charge is 2.07. The molecule has 4 heteroatoms. The van der Waals surface area contributed by atoms with Crippen molar-refractivity contribution in [3.63, 3.8) is 0 Å². The van der Waals surface area contributed by atoms with Crippen LogP contribution >= 0.6 is 11.6 Å². The average Bonchev–Trinajstić information content (AvgIpc) is 2.65. The topological polar surface area (TPSA) is 35.1 Å². The van der Waals surface area contributed by atoms with Gasteiger partial charge in [0.1, 0.15) is 0 Å². The van der Waals surface area contributed by atoms with Crippen LogP contribution in [0.5, 0.6) is 0 Å². The van der Waals surface area contributed by atoms with E-state index in [2.05, 4.69) is 0 Å². The molecule has 0 atom stereocenters. The van der Waals surface area contributed by atoms with Crippen molar-refractivity contribution in [2.45, 2.75) is 13.8 Å². The number of rotatable bonds is 1. The van der Waals surface area contributed by atoms with Crippen molar-refractivity contribution >= 4 is 23.8 Å². The first-order chi connectivity index (χ1) is 8.17. The number of aromatic nitrogens is 1. The molecule has 1 heterocycles. The van der Waals surface area contributed by atoms with Crippen LogP contribution in [0.4, 0.5) is 0 Å². The smallest absolute Gasteiger partial charge is 0.408 e. The fraction of sp³-hybridized carbons (Fsp3) is 0.154. The third-order valence-electron chi connectivity index (χ3n) is 2.48. The Morgan fingerprint density at radius 3 is 2.65 bits per heavy atom.